The van der Waals surface area contributed by atoms with Crippen molar-refractivity contribution in [3.05, 3.63) is 34.9 Å². The van der Waals surface area contributed by atoms with Gasteiger partial charge in [0.15, 0.2) is 6.29 Å². The number of unbranched alkanes of at least 4 members (excludes halogenated alkanes) is 2. The molecule has 1 heterocycles. The van der Waals surface area contributed by atoms with E-state index in [-0.39, 0.29) is 24.4 Å². The smallest absolute Gasteiger partial charge is 0.352 e. The van der Waals surface area contributed by atoms with Crippen LogP contribution in [0.25, 0.3) is 0 Å². The largest absolute Gasteiger partial charge is 0.353 e. The van der Waals surface area contributed by atoms with Crippen molar-refractivity contribution in [3.63, 3.8) is 0 Å². The second-order valence-electron chi connectivity index (χ2n) is 11.5. The van der Waals surface area contributed by atoms with E-state index in [0.717, 1.165) is 57.5 Å². The van der Waals surface area contributed by atoms with Crippen LogP contribution in [0.5, 0.6) is 0 Å². The number of alkyl halides is 5. The summed E-state index contributed by atoms with van der Waals surface area (Å²) in [5.74, 6) is -1.19. The molecule has 9 heteroatoms. The van der Waals surface area contributed by atoms with Gasteiger partial charge in [-0.25, -0.2) is 13.2 Å². The highest BCUT2D eigenvalue weighted by molar-refractivity contribution is 6.21. The van der Waals surface area contributed by atoms with E-state index in [0.29, 0.717) is 43.4 Å². The third kappa shape index (κ3) is 10.1. The molecule has 3 fully saturated rings. The molecule has 0 radical (unpaired) electrons. The average Bonchev–Trinajstić information content (AvgIpc) is 2.89. The van der Waals surface area contributed by atoms with Crippen molar-refractivity contribution in [2.45, 2.75) is 114 Å². The van der Waals surface area contributed by atoms with E-state index < -0.39 is 28.8 Å². The normalized spacial score (nSPS) is 29.9. The molecule has 2 nitrogen and oxygen atoms in total. The molecule has 1 saturated heterocycles. The van der Waals surface area contributed by atoms with Crippen LogP contribution in [-0.4, -0.2) is 32.4 Å². The zero-order valence-corrected chi connectivity index (χ0v) is 23.7. The number of halogens is 7. The molecule has 0 bridgehead atoms. The zero-order valence-electron chi connectivity index (χ0n) is 22.9. The van der Waals surface area contributed by atoms with Crippen LogP contribution in [0.2, 0.25) is 0 Å². The fraction of sp³-hybridized carbons (Fsp3) is 0.800. The third-order valence-electron chi connectivity index (χ3n) is 8.48. The SMILES string of the molecule is CCCCCC1COC(C2CCC(CCF)CC2)OC1.Fc1cc(C2CCC(F)CC2)cc(F)c1C(F)(F)Cl. The molecular formula is C30H43ClF6O2. The van der Waals surface area contributed by atoms with E-state index in [2.05, 4.69) is 18.5 Å². The Balaban J connectivity index is 0.000000216. The van der Waals surface area contributed by atoms with Crippen LogP contribution >= 0.6 is 11.6 Å². The van der Waals surface area contributed by atoms with Crippen molar-refractivity contribution in [1.82, 2.24) is 0 Å². The van der Waals surface area contributed by atoms with Gasteiger partial charge >= 0.3 is 5.38 Å². The lowest BCUT2D eigenvalue weighted by Gasteiger charge is -2.37. The lowest BCUT2D eigenvalue weighted by atomic mass is 9.80. The van der Waals surface area contributed by atoms with E-state index in [4.69, 9.17) is 9.47 Å². The van der Waals surface area contributed by atoms with E-state index >= 15 is 0 Å². The minimum absolute atomic E-state index is 0.0174. The Morgan fingerprint density at radius 1 is 0.846 bits per heavy atom. The van der Waals surface area contributed by atoms with E-state index in [1.54, 1.807) is 0 Å². The summed E-state index contributed by atoms with van der Waals surface area (Å²) in [7, 11) is 0. The first-order valence-corrected chi connectivity index (χ1v) is 15.0. The topological polar surface area (TPSA) is 18.5 Å². The minimum Gasteiger partial charge on any atom is -0.352 e. The van der Waals surface area contributed by atoms with E-state index in [1.807, 2.05) is 0 Å². The summed E-state index contributed by atoms with van der Waals surface area (Å²) < 4.78 is 90.1. The summed E-state index contributed by atoms with van der Waals surface area (Å²) >= 11 is 4.66. The van der Waals surface area contributed by atoms with Crippen LogP contribution in [-0.2, 0) is 14.9 Å². The molecule has 0 N–H and O–H groups in total. The summed E-state index contributed by atoms with van der Waals surface area (Å²) in [6.07, 6.45) is 11.2. The number of rotatable bonds is 9. The van der Waals surface area contributed by atoms with Gasteiger partial charge in [-0.15, -0.1) is 0 Å². The van der Waals surface area contributed by atoms with Crippen molar-refractivity contribution in [3.8, 4) is 0 Å². The van der Waals surface area contributed by atoms with E-state index in [1.165, 1.54) is 25.7 Å². The Hall–Kier alpha value is -0.990. The van der Waals surface area contributed by atoms with Gasteiger partial charge in [-0.1, -0.05) is 26.2 Å². The molecule has 1 aliphatic heterocycles. The van der Waals surface area contributed by atoms with Gasteiger partial charge in [0.05, 0.1) is 19.9 Å². The van der Waals surface area contributed by atoms with Crippen LogP contribution in [0.3, 0.4) is 0 Å². The minimum atomic E-state index is -4.08. The second-order valence-corrected chi connectivity index (χ2v) is 11.9. The highest BCUT2D eigenvalue weighted by Gasteiger charge is 2.36. The summed E-state index contributed by atoms with van der Waals surface area (Å²) in [6, 6.07) is 1.75. The monoisotopic (exact) mass is 584 g/mol. The Kier molecular flexibility index (Phi) is 13.2. The molecule has 0 aromatic heterocycles. The first-order valence-electron chi connectivity index (χ1n) is 14.6. The van der Waals surface area contributed by atoms with Crippen LogP contribution < -0.4 is 0 Å². The maximum Gasteiger partial charge on any atom is 0.353 e. The standard InChI is InChI=1S/C17H31FO2.C13H12ClF5/c1-2-3-4-5-15-12-19-17(20-13-15)16-8-6-14(7-9-16)10-11-18;14-13(18,19)12-10(16)5-8(6-11(12)17)7-1-3-9(15)4-2-7/h14-17H,2-13H2,1H3;5-7,9H,1-4H2. The molecule has 1 aromatic rings. The van der Waals surface area contributed by atoms with Gasteiger partial charge in [0.2, 0.25) is 0 Å². The molecular weight excluding hydrogens is 542 g/mol. The predicted molar refractivity (Wildman–Crippen MR) is 142 cm³/mol. The summed E-state index contributed by atoms with van der Waals surface area (Å²) in [4.78, 5) is 0. The average molecular weight is 585 g/mol. The van der Waals surface area contributed by atoms with Gasteiger partial charge in [0.1, 0.15) is 23.4 Å². The van der Waals surface area contributed by atoms with Crippen molar-refractivity contribution < 1.29 is 35.8 Å². The molecule has 2 saturated carbocycles. The van der Waals surface area contributed by atoms with Crippen molar-refractivity contribution in [1.29, 1.82) is 0 Å². The number of ether oxygens (including phenoxy) is 2. The van der Waals surface area contributed by atoms with Crippen molar-refractivity contribution >= 4 is 11.6 Å². The van der Waals surface area contributed by atoms with Crippen molar-refractivity contribution in [2.24, 2.45) is 17.8 Å². The van der Waals surface area contributed by atoms with Crippen molar-refractivity contribution in [2.75, 3.05) is 19.9 Å². The Labute approximate surface area is 234 Å². The Bertz CT molecular complexity index is 819. The number of hydrogen-bond donors (Lipinski definition) is 0. The van der Waals surface area contributed by atoms with Gasteiger partial charge in [0, 0.05) is 11.8 Å². The zero-order chi connectivity index (χ0) is 28.4. The third-order valence-corrected chi connectivity index (χ3v) is 8.67. The highest BCUT2D eigenvalue weighted by Crippen LogP contribution is 2.40. The molecule has 0 spiro atoms. The lowest BCUT2D eigenvalue weighted by Crippen LogP contribution is -2.38. The first kappa shape index (κ1) is 32.5. The second kappa shape index (κ2) is 15.9. The molecule has 0 unspecified atom stereocenters. The molecule has 4 rings (SSSR count). The molecule has 1 aromatic carbocycles. The van der Waals surface area contributed by atoms with Gasteiger partial charge < -0.3 is 9.47 Å². The number of benzene rings is 1. The highest BCUT2D eigenvalue weighted by atomic mass is 35.5. The van der Waals surface area contributed by atoms with Crippen LogP contribution in [0.15, 0.2) is 12.1 Å². The van der Waals surface area contributed by atoms with Crippen LogP contribution in [0.1, 0.15) is 107 Å². The predicted octanol–water partition coefficient (Wildman–Crippen LogP) is 9.97. The molecule has 0 amide bonds. The Morgan fingerprint density at radius 2 is 1.44 bits per heavy atom. The van der Waals surface area contributed by atoms with Gasteiger partial charge in [-0.05, 0) is 105 Å². The number of hydrogen-bond acceptors (Lipinski definition) is 2. The van der Waals surface area contributed by atoms with Crippen LogP contribution in [0.4, 0.5) is 26.3 Å². The Morgan fingerprint density at radius 3 is 1.95 bits per heavy atom. The van der Waals surface area contributed by atoms with E-state index in [9.17, 15) is 26.3 Å². The molecule has 224 valence electrons. The maximum atomic E-state index is 13.6. The maximum absolute atomic E-state index is 13.6. The molecule has 0 atom stereocenters. The quantitative estimate of drug-likeness (QED) is 0.163. The lowest BCUT2D eigenvalue weighted by molar-refractivity contribution is -0.230. The van der Waals surface area contributed by atoms with Gasteiger partial charge in [-0.2, -0.15) is 8.78 Å². The molecule has 2 aliphatic carbocycles. The fourth-order valence-corrected chi connectivity index (χ4v) is 6.25. The van der Waals surface area contributed by atoms with Gasteiger partial charge in [-0.3, -0.25) is 4.39 Å². The molecule has 3 aliphatic rings. The molecule has 39 heavy (non-hydrogen) atoms. The van der Waals surface area contributed by atoms with Gasteiger partial charge in [0.25, 0.3) is 0 Å². The fourth-order valence-electron chi connectivity index (χ4n) is 6.07. The first-order chi connectivity index (χ1) is 18.6. The summed E-state index contributed by atoms with van der Waals surface area (Å²) in [5, 5.41) is -4.08. The van der Waals surface area contributed by atoms with Crippen LogP contribution in [0, 0.1) is 29.4 Å². The summed E-state index contributed by atoms with van der Waals surface area (Å²) in [6.45, 7) is 3.83. The summed E-state index contributed by atoms with van der Waals surface area (Å²) in [5.41, 5.74) is -1.15.